The van der Waals surface area contributed by atoms with Gasteiger partial charge in [0.1, 0.15) is 6.04 Å². The molecule has 2 atom stereocenters. The molecule has 0 aliphatic heterocycles. The van der Waals surface area contributed by atoms with Gasteiger partial charge < -0.3 is 9.73 Å². The number of nitrogens with one attached hydrogen (secondary N) is 1. The average molecular weight is 387 g/mol. The summed E-state index contributed by atoms with van der Waals surface area (Å²) in [5.74, 6) is -0.230. The zero-order valence-electron chi connectivity index (χ0n) is 15.3. The molecule has 0 fully saturated rings. The maximum atomic E-state index is 12.9. The smallest absolute Gasteiger partial charge is 0.335 e. The Hall–Kier alpha value is -2.74. The third-order valence-corrected chi connectivity index (χ3v) is 5.34. The summed E-state index contributed by atoms with van der Waals surface area (Å²) in [5.41, 5.74) is 0.532. The molecule has 1 aromatic heterocycles. The van der Waals surface area contributed by atoms with Crippen molar-refractivity contribution in [1.82, 2.24) is 15.5 Å². The molecule has 0 radical (unpaired) electrons. The number of fused-ring (bicyclic) bond motifs is 1. The number of benzene rings is 2. The number of carbonyl (C=O) groups is 1. The summed E-state index contributed by atoms with van der Waals surface area (Å²) in [7, 11) is -3.61. The molecule has 0 saturated heterocycles. The van der Waals surface area contributed by atoms with Gasteiger partial charge in [-0.25, -0.2) is 8.42 Å². The molecule has 1 heterocycles. The number of hydrogen-bond acceptors (Lipinski definition) is 6. The van der Waals surface area contributed by atoms with E-state index in [2.05, 4.69) is 15.5 Å². The number of sulfone groups is 1. The van der Waals surface area contributed by atoms with E-state index in [1.807, 2.05) is 50.2 Å². The van der Waals surface area contributed by atoms with Crippen LogP contribution in [0.25, 0.3) is 10.8 Å². The first-order valence-electron chi connectivity index (χ1n) is 8.63. The number of nitrogens with zero attached hydrogens (tertiary/aromatic N) is 2. The lowest BCUT2D eigenvalue weighted by Crippen LogP contribution is -2.33. The van der Waals surface area contributed by atoms with E-state index in [0.29, 0.717) is 5.56 Å². The standard InChI is InChI=1S/C19H21N3O4S/c1-4-12(2)16(18-21-22-19(26-18)27(3,24)25)20-17(23)15-11-7-9-13-8-5-6-10-14(13)15/h5-12,16H,4H2,1-3H3,(H,20,23)/t12-,16+/m1/s1. The highest BCUT2D eigenvalue weighted by atomic mass is 32.2. The third kappa shape index (κ3) is 4.00. The van der Waals surface area contributed by atoms with Crippen LogP contribution >= 0.6 is 0 Å². The lowest BCUT2D eigenvalue weighted by atomic mass is 9.98. The van der Waals surface area contributed by atoms with Crippen LogP contribution in [0.2, 0.25) is 0 Å². The van der Waals surface area contributed by atoms with Crippen LogP contribution in [-0.2, 0) is 9.84 Å². The quantitative estimate of drug-likeness (QED) is 0.697. The van der Waals surface area contributed by atoms with Crippen molar-refractivity contribution in [2.75, 3.05) is 6.26 Å². The molecule has 0 unspecified atom stereocenters. The maximum absolute atomic E-state index is 12.9. The Balaban J connectivity index is 1.95. The average Bonchev–Trinajstić information content (AvgIpc) is 3.15. The van der Waals surface area contributed by atoms with Crippen molar-refractivity contribution in [3.63, 3.8) is 0 Å². The molecule has 2 aromatic carbocycles. The van der Waals surface area contributed by atoms with Gasteiger partial charge in [-0.3, -0.25) is 4.79 Å². The van der Waals surface area contributed by atoms with E-state index in [9.17, 15) is 13.2 Å². The molecule has 3 rings (SSSR count). The van der Waals surface area contributed by atoms with Gasteiger partial charge in [-0.1, -0.05) is 61.8 Å². The molecule has 0 aliphatic rings. The van der Waals surface area contributed by atoms with Crippen molar-refractivity contribution in [2.24, 2.45) is 5.92 Å². The Morgan fingerprint density at radius 1 is 1.15 bits per heavy atom. The van der Waals surface area contributed by atoms with Gasteiger partial charge in [-0.05, 0) is 22.8 Å². The van der Waals surface area contributed by atoms with Crippen LogP contribution in [0.15, 0.2) is 52.1 Å². The summed E-state index contributed by atoms with van der Waals surface area (Å²) in [6.45, 7) is 3.90. The van der Waals surface area contributed by atoms with E-state index >= 15 is 0 Å². The van der Waals surface area contributed by atoms with Crippen molar-refractivity contribution < 1.29 is 17.6 Å². The predicted molar refractivity (Wildman–Crippen MR) is 101 cm³/mol. The lowest BCUT2D eigenvalue weighted by Gasteiger charge is -2.21. The van der Waals surface area contributed by atoms with Gasteiger partial charge in [-0.2, -0.15) is 0 Å². The molecule has 1 N–H and O–H groups in total. The van der Waals surface area contributed by atoms with E-state index in [4.69, 9.17) is 4.42 Å². The van der Waals surface area contributed by atoms with E-state index in [-0.39, 0.29) is 17.7 Å². The molecule has 7 nitrogen and oxygen atoms in total. The topological polar surface area (TPSA) is 102 Å². The monoisotopic (exact) mass is 387 g/mol. The minimum atomic E-state index is -3.61. The van der Waals surface area contributed by atoms with Gasteiger partial charge in [0.05, 0.1) is 0 Å². The zero-order valence-corrected chi connectivity index (χ0v) is 16.2. The molecule has 8 heteroatoms. The summed E-state index contributed by atoms with van der Waals surface area (Å²) in [6, 6.07) is 12.5. The number of rotatable bonds is 6. The van der Waals surface area contributed by atoms with Crippen molar-refractivity contribution in [2.45, 2.75) is 31.5 Å². The van der Waals surface area contributed by atoms with Gasteiger partial charge in [-0.15, -0.1) is 5.10 Å². The van der Waals surface area contributed by atoms with Crippen LogP contribution in [0.4, 0.5) is 0 Å². The second-order valence-electron chi connectivity index (χ2n) is 6.54. The zero-order chi connectivity index (χ0) is 19.6. The van der Waals surface area contributed by atoms with Crippen LogP contribution in [0.1, 0.15) is 42.6 Å². The number of hydrogen-bond donors (Lipinski definition) is 1. The SMILES string of the molecule is CC[C@@H](C)[C@H](NC(=O)c1cccc2ccccc12)c1nnc(S(C)(=O)=O)o1. The van der Waals surface area contributed by atoms with Crippen molar-refractivity contribution in [1.29, 1.82) is 0 Å². The molecule has 0 spiro atoms. The summed E-state index contributed by atoms with van der Waals surface area (Å²) in [6.07, 6.45) is 1.73. The van der Waals surface area contributed by atoms with Gasteiger partial charge in [0, 0.05) is 11.8 Å². The Bertz CT molecular complexity index is 1070. The Morgan fingerprint density at radius 2 is 1.85 bits per heavy atom. The Labute approximate surface area is 157 Å². The molecule has 0 aliphatic carbocycles. The minimum absolute atomic E-state index is 0.0308. The van der Waals surface area contributed by atoms with Crippen LogP contribution in [0.3, 0.4) is 0 Å². The van der Waals surface area contributed by atoms with Gasteiger partial charge in [0.25, 0.3) is 5.91 Å². The second kappa shape index (κ2) is 7.48. The van der Waals surface area contributed by atoms with Crippen LogP contribution in [0, 0.1) is 5.92 Å². The van der Waals surface area contributed by atoms with Crippen molar-refractivity contribution >= 4 is 26.5 Å². The van der Waals surface area contributed by atoms with Crippen molar-refractivity contribution in [3.8, 4) is 0 Å². The third-order valence-electron chi connectivity index (χ3n) is 4.54. The molecule has 142 valence electrons. The van der Waals surface area contributed by atoms with Gasteiger partial charge in [0.2, 0.25) is 15.7 Å². The molecule has 27 heavy (non-hydrogen) atoms. The molecule has 3 aromatic rings. The minimum Gasteiger partial charge on any atom is -0.410 e. The maximum Gasteiger partial charge on any atom is 0.335 e. The second-order valence-corrected chi connectivity index (χ2v) is 8.44. The molecular weight excluding hydrogens is 366 g/mol. The largest absolute Gasteiger partial charge is 0.410 e. The molecule has 0 saturated carbocycles. The van der Waals surface area contributed by atoms with Crippen molar-refractivity contribution in [3.05, 3.63) is 53.9 Å². The summed E-state index contributed by atoms with van der Waals surface area (Å²) < 4.78 is 28.6. The highest BCUT2D eigenvalue weighted by molar-refractivity contribution is 7.90. The van der Waals surface area contributed by atoms with E-state index in [1.54, 1.807) is 6.07 Å². The fourth-order valence-electron chi connectivity index (χ4n) is 2.82. The normalized spacial score (nSPS) is 14.0. The van der Waals surface area contributed by atoms with E-state index in [1.165, 1.54) is 0 Å². The first-order chi connectivity index (χ1) is 12.8. The van der Waals surface area contributed by atoms with Crippen LogP contribution in [-0.4, -0.2) is 30.8 Å². The number of carbonyl (C=O) groups excluding carboxylic acids is 1. The first-order valence-corrected chi connectivity index (χ1v) is 10.5. The highest BCUT2D eigenvalue weighted by Gasteiger charge is 2.28. The molecular formula is C19H21N3O4S. The summed E-state index contributed by atoms with van der Waals surface area (Å²) in [4.78, 5) is 12.9. The highest BCUT2D eigenvalue weighted by Crippen LogP contribution is 2.26. The Morgan fingerprint density at radius 3 is 2.52 bits per heavy atom. The number of aromatic nitrogens is 2. The fourth-order valence-corrected chi connectivity index (χ4v) is 3.25. The van der Waals surface area contributed by atoms with Crippen LogP contribution in [0.5, 0.6) is 0 Å². The van der Waals surface area contributed by atoms with E-state index < -0.39 is 21.1 Å². The lowest BCUT2D eigenvalue weighted by molar-refractivity contribution is 0.0913. The predicted octanol–water partition coefficient (Wildman–Crippen LogP) is 3.14. The van der Waals surface area contributed by atoms with Crippen LogP contribution < -0.4 is 5.32 Å². The Kier molecular flexibility index (Phi) is 5.27. The summed E-state index contributed by atoms with van der Waals surface area (Å²) in [5, 5.41) is 11.7. The molecule has 1 amide bonds. The molecule has 0 bridgehead atoms. The van der Waals surface area contributed by atoms with E-state index in [0.717, 1.165) is 23.4 Å². The van der Waals surface area contributed by atoms with Gasteiger partial charge >= 0.3 is 5.22 Å². The van der Waals surface area contributed by atoms with Gasteiger partial charge in [0.15, 0.2) is 0 Å². The summed E-state index contributed by atoms with van der Waals surface area (Å²) >= 11 is 0. The number of amides is 1. The first kappa shape index (κ1) is 19.0. The fraction of sp³-hybridized carbons (Fsp3) is 0.316.